The van der Waals surface area contributed by atoms with Crippen LogP contribution in [0.3, 0.4) is 0 Å². The van der Waals surface area contributed by atoms with E-state index in [0.29, 0.717) is 18.5 Å². The van der Waals surface area contributed by atoms with Crippen molar-refractivity contribution in [2.24, 2.45) is 16.6 Å². The van der Waals surface area contributed by atoms with Crippen LogP contribution in [0.5, 0.6) is 5.75 Å². The van der Waals surface area contributed by atoms with Crippen LogP contribution in [0, 0.1) is 5.92 Å². The Morgan fingerprint density at radius 3 is 2.94 bits per heavy atom. The van der Waals surface area contributed by atoms with E-state index < -0.39 is 0 Å². The molecule has 3 rings (SSSR count). The molecule has 0 saturated carbocycles. The molecule has 17 heavy (non-hydrogen) atoms. The molecule has 2 atom stereocenters. The molecule has 2 heterocycles. The topological polar surface area (TPSA) is 50.9 Å². The van der Waals surface area contributed by atoms with Crippen molar-refractivity contribution in [3.8, 4) is 5.75 Å². The predicted octanol–water partition coefficient (Wildman–Crippen LogP) is 1.17. The molecule has 0 fully saturated rings. The summed E-state index contributed by atoms with van der Waals surface area (Å²) in [5.41, 5.74) is 7.01. The zero-order valence-electron chi connectivity index (χ0n) is 10.2. The lowest BCUT2D eigenvalue weighted by Gasteiger charge is -2.45. The largest absolute Gasteiger partial charge is 0.493 e. The Bertz CT molecular complexity index is 485. The summed E-state index contributed by atoms with van der Waals surface area (Å²) in [5.74, 6) is 1.95. The number of hydrogen-bond donors (Lipinski definition) is 1. The molecule has 0 saturated heterocycles. The number of nitrogens with zero attached hydrogens (tertiary/aromatic N) is 2. The van der Waals surface area contributed by atoms with E-state index >= 15 is 0 Å². The van der Waals surface area contributed by atoms with Crippen molar-refractivity contribution in [2.45, 2.75) is 12.5 Å². The van der Waals surface area contributed by atoms with Gasteiger partial charge in [0, 0.05) is 18.5 Å². The van der Waals surface area contributed by atoms with Crippen LogP contribution in [0.4, 0.5) is 0 Å². The average molecular weight is 231 g/mol. The van der Waals surface area contributed by atoms with Gasteiger partial charge >= 0.3 is 0 Å². The van der Waals surface area contributed by atoms with Crippen molar-refractivity contribution >= 4 is 5.96 Å². The molecule has 2 unspecified atom stereocenters. The molecule has 0 aliphatic carbocycles. The fraction of sp³-hybridized carbons (Fsp3) is 0.462. The van der Waals surface area contributed by atoms with Crippen molar-refractivity contribution in [1.82, 2.24) is 4.90 Å². The van der Waals surface area contributed by atoms with Gasteiger partial charge in [0.15, 0.2) is 5.96 Å². The number of ether oxygens (including phenoxy) is 1. The highest BCUT2D eigenvalue weighted by molar-refractivity contribution is 5.81. The third kappa shape index (κ3) is 1.21. The first-order chi connectivity index (χ1) is 8.16. The van der Waals surface area contributed by atoms with Crippen LogP contribution in [-0.2, 0) is 5.54 Å². The van der Waals surface area contributed by atoms with Crippen LogP contribution in [0.1, 0.15) is 12.5 Å². The fourth-order valence-electron chi connectivity index (χ4n) is 2.94. The number of aliphatic imine (C=N–C) groups is 1. The van der Waals surface area contributed by atoms with Gasteiger partial charge < -0.3 is 15.4 Å². The summed E-state index contributed by atoms with van der Waals surface area (Å²) >= 11 is 0. The molecule has 4 heteroatoms. The van der Waals surface area contributed by atoms with Gasteiger partial charge in [-0.3, -0.25) is 4.99 Å². The molecule has 2 aliphatic heterocycles. The Morgan fingerprint density at radius 1 is 1.47 bits per heavy atom. The Hall–Kier alpha value is -1.71. The summed E-state index contributed by atoms with van der Waals surface area (Å²) in [4.78, 5) is 6.50. The minimum atomic E-state index is -0.126. The number of hydrogen-bond acceptors (Lipinski definition) is 4. The minimum Gasteiger partial charge on any atom is -0.493 e. The monoisotopic (exact) mass is 231 g/mol. The van der Waals surface area contributed by atoms with Gasteiger partial charge in [-0.15, -0.1) is 0 Å². The molecule has 90 valence electrons. The van der Waals surface area contributed by atoms with Gasteiger partial charge in [-0.2, -0.15) is 0 Å². The lowest BCUT2D eigenvalue weighted by Crippen LogP contribution is -2.54. The maximum absolute atomic E-state index is 5.94. The van der Waals surface area contributed by atoms with E-state index in [9.17, 15) is 0 Å². The van der Waals surface area contributed by atoms with Gasteiger partial charge in [0.05, 0.1) is 18.7 Å². The number of fused-ring (bicyclic) bond motifs is 2. The highest BCUT2D eigenvalue weighted by atomic mass is 16.5. The van der Waals surface area contributed by atoms with Crippen molar-refractivity contribution < 1.29 is 4.74 Å². The Morgan fingerprint density at radius 2 is 2.24 bits per heavy atom. The number of para-hydroxylation sites is 1. The van der Waals surface area contributed by atoms with Gasteiger partial charge in [0.1, 0.15) is 5.75 Å². The Labute approximate surface area is 101 Å². The second kappa shape index (κ2) is 3.39. The maximum atomic E-state index is 5.94. The second-order valence-corrected chi connectivity index (χ2v) is 4.87. The van der Waals surface area contributed by atoms with E-state index in [1.165, 1.54) is 5.56 Å². The molecule has 0 bridgehead atoms. The highest BCUT2D eigenvalue weighted by Gasteiger charge is 2.50. The van der Waals surface area contributed by atoms with Crippen LogP contribution in [0.15, 0.2) is 29.3 Å². The standard InChI is InChI=1S/C13H17N3O/c1-9-7-17-11-6-4-3-5-10(11)13(9)8-15-12(14)16(13)2/h3-6,9H,7-8H2,1-2H3,(H2,14,15). The average Bonchev–Trinajstić information content (AvgIpc) is 2.64. The highest BCUT2D eigenvalue weighted by Crippen LogP contribution is 2.45. The van der Waals surface area contributed by atoms with Crippen LogP contribution in [0.2, 0.25) is 0 Å². The van der Waals surface area contributed by atoms with Crippen molar-refractivity contribution in [3.05, 3.63) is 29.8 Å². The summed E-state index contributed by atoms with van der Waals surface area (Å²) in [6, 6.07) is 8.19. The number of benzene rings is 1. The van der Waals surface area contributed by atoms with E-state index in [1.54, 1.807) is 0 Å². The zero-order valence-corrected chi connectivity index (χ0v) is 10.2. The summed E-state index contributed by atoms with van der Waals surface area (Å²) in [6.07, 6.45) is 0. The van der Waals surface area contributed by atoms with Gasteiger partial charge in [-0.25, -0.2) is 0 Å². The number of nitrogens with two attached hydrogens (primary N) is 1. The van der Waals surface area contributed by atoms with Crippen LogP contribution in [-0.4, -0.2) is 31.1 Å². The molecule has 1 aromatic rings. The van der Waals surface area contributed by atoms with Gasteiger partial charge in [0.2, 0.25) is 0 Å². The van der Waals surface area contributed by atoms with E-state index in [-0.39, 0.29) is 5.54 Å². The fourth-order valence-corrected chi connectivity index (χ4v) is 2.94. The molecular weight excluding hydrogens is 214 g/mol. The first-order valence-corrected chi connectivity index (χ1v) is 5.92. The number of guanidine groups is 1. The van der Waals surface area contributed by atoms with Crippen molar-refractivity contribution in [2.75, 3.05) is 20.2 Å². The molecular formula is C13H17N3O. The van der Waals surface area contributed by atoms with E-state index in [4.69, 9.17) is 10.5 Å². The second-order valence-electron chi connectivity index (χ2n) is 4.87. The third-order valence-electron chi connectivity index (χ3n) is 4.08. The smallest absolute Gasteiger partial charge is 0.191 e. The van der Waals surface area contributed by atoms with Crippen LogP contribution < -0.4 is 10.5 Å². The Kier molecular flexibility index (Phi) is 2.08. The van der Waals surface area contributed by atoms with Crippen LogP contribution >= 0.6 is 0 Å². The first-order valence-electron chi connectivity index (χ1n) is 5.92. The molecule has 1 spiro atoms. The third-order valence-corrected chi connectivity index (χ3v) is 4.08. The zero-order chi connectivity index (χ0) is 12.0. The number of likely N-dealkylation sites (N-methyl/N-ethyl adjacent to an activating group) is 1. The van der Waals surface area contributed by atoms with Gasteiger partial charge in [-0.1, -0.05) is 25.1 Å². The molecule has 4 nitrogen and oxygen atoms in total. The van der Waals surface area contributed by atoms with E-state index in [1.807, 2.05) is 25.2 Å². The quantitative estimate of drug-likeness (QED) is 0.729. The van der Waals surface area contributed by atoms with Gasteiger partial charge in [-0.05, 0) is 6.07 Å². The molecule has 1 aromatic carbocycles. The lowest BCUT2D eigenvalue weighted by atomic mass is 9.76. The minimum absolute atomic E-state index is 0.126. The summed E-state index contributed by atoms with van der Waals surface area (Å²) in [7, 11) is 2.02. The summed E-state index contributed by atoms with van der Waals surface area (Å²) in [5, 5.41) is 0. The Balaban J connectivity index is 2.17. The van der Waals surface area contributed by atoms with Crippen molar-refractivity contribution in [1.29, 1.82) is 0 Å². The predicted molar refractivity (Wildman–Crippen MR) is 67.0 cm³/mol. The molecule has 0 aromatic heterocycles. The number of rotatable bonds is 0. The first kappa shape index (κ1) is 10.4. The maximum Gasteiger partial charge on any atom is 0.191 e. The van der Waals surface area contributed by atoms with Gasteiger partial charge in [0.25, 0.3) is 0 Å². The normalized spacial score (nSPS) is 31.1. The van der Waals surface area contributed by atoms with Crippen LogP contribution in [0.25, 0.3) is 0 Å². The SMILES string of the molecule is CC1COc2ccccc2C12CN=C(N)N2C. The lowest BCUT2D eigenvalue weighted by molar-refractivity contribution is 0.0740. The molecule has 0 radical (unpaired) electrons. The van der Waals surface area contributed by atoms with E-state index in [0.717, 1.165) is 12.3 Å². The van der Waals surface area contributed by atoms with Crippen molar-refractivity contribution in [3.63, 3.8) is 0 Å². The molecule has 2 aliphatic rings. The van der Waals surface area contributed by atoms with E-state index in [2.05, 4.69) is 22.9 Å². The molecule has 0 amide bonds. The summed E-state index contributed by atoms with van der Waals surface area (Å²) < 4.78 is 5.79. The summed E-state index contributed by atoms with van der Waals surface area (Å²) in [6.45, 7) is 3.63. The molecule has 2 N–H and O–H groups in total.